The average Bonchev–Trinajstić information content (AvgIpc) is 3.08. The molecule has 1 aliphatic rings. The summed E-state index contributed by atoms with van der Waals surface area (Å²) >= 11 is 13.1. The molecule has 0 aromatic heterocycles. The van der Waals surface area contributed by atoms with Crippen LogP contribution in [0.25, 0.3) is 6.08 Å². The molecule has 3 aromatic rings. The summed E-state index contributed by atoms with van der Waals surface area (Å²) in [5.74, 6) is 0.778. The van der Waals surface area contributed by atoms with Crippen LogP contribution in [0.4, 0.5) is 4.79 Å². The van der Waals surface area contributed by atoms with E-state index in [0.29, 0.717) is 39.7 Å². The monoisotopic (exact) mass is 513 g/mol. The molecule has 4 rings (SSSR count). The number of hydrogen-bond acceptors (Lipinski definition) is 5. The number of amides is 2. The molecule has 0 N–H and O–H groups in total. The Kier molecular flexibility index (Phi) is 7.83. The van der Waals surface area contributed by atoms with Crippen molar-refractivity contribution in [2.75, 3.05) is 6.61 Å². The molecule has 0 radical (unpaired) electrons. The highest BCUT2D eigenvalue weighted by Crippen LogP contribution is 2.36. The molecule has 8 heteroatoms. The lowest BCUT2D eigenvalue weighted by molar-refractivity contribution is -0.123. The summed E-state index contributed by atoms with van der Waals surface area (Å²) in [6, 6.07) is 19.9. The van der Waals surface area contributed by atoms with Crippen LogP contribution in [0.15, 0.2) is 71.6 Å². The fourth-order valence-corrected chi connectivity index (χ4v) is 4.49. The van der Waals surface area contributed by atoms with E-state index in [1.54, 1.807) is 42.5 Å². The standard InChI is InChI=1S/C26H21Cl2NO4S/c1-2-32-23-13-18(9-12-22(23)33-16-19-5-3-4-6-21(19)28)14-24-25(30)29(26(31)34-24)15-17-7-10-20(27)11-8-17/h3-14H,2,15-16H2,1H3. The Labute approximate surface area is 212 Å². The van der Waals surface area contributed by atoms with E-state index in [1.165, 1.54) is 4.90 Å². The van der Waals surface area contributed by atoms with Crippen molar-refractivity contribution in [3.63, 3.8) is 0 Å². The molecule has 1 fully saturated rings. The number of carbonyl (C=O) groups is 2. The number of rotatable bonds is 8. The number of hydrogen-bond donors (Lipinski definition) is 0. The van der Waals surface area contributed by atoms with Crippen molar-refractivity contribution in [2.45, 2.75) is 20.1 Å². The Balaban J connectivity index is 1.51. The van der Waals surface area contributed by atoms with Gasteiger partial charge in [0.05, 0.1) is 18.1 Å². The minimum absolute atomic E-state index is 0.193. The highest BCUT2D eigenvalue weighted by molar-refractivity contribution is 8.18. The van der Waals surface area contributed by atoms with Gasteiger partial charge in [-0.25, -0.2) is 0 Å². The average molecular weight is 514 g/mol. The Bertz CT molecular complexity index is 1240. The van der Waals surface area contributed by atoms with Crippen molar-refractivity contribution in [2.24, 2.45) is 0 Å². The molecule has 0 saturated carbocycles. The maximum atomic E-state index is 12.9. The van der Waals surface area contributed by atoms with Crippen LogP contribution in [0.2, 0.25) is 10.0 Å². The Morgan fingerprint density at radius 1 is 0.941 bits per heavy atom. The van der Waals surface area contributed by atoms with Crippen LogP contribution < -0.4 is 9.47 Å². The van der Waals surface area contributed by atoms with E-state index >= 15 is 0 Å². The molecular formula is C26H21Cl2NO4S. The summed E-state index contributed by atoms with van der Waals surface area (Å²) in [5, 5.41) is 0.921. The fraction of sp³-hybridized carbons (Fsp3) is 0.154. The van der Waals surface area contributed by atoms with Gasteiger partial charge in [0, 0.05) is 15.6 Å². The molecule has 174 valence electrons. The fourth-order valence-electron chi connectivity index (χ4n) is 3.33. The van der Waals surface area contributed by atoms with Crippen molar-refractivity contribution in [1.82, 2.24) is 4.90 Å². The van der Waals surface area contributed by atoms with Crippen LogP contribution in [0.3, 0.4) is 0 Å². The molecule has 0 atom stereocenters. The van der Waals surface area contributed by atoms with Crippen LogP contribution in [0, 0.1) is 0 Å². The van der Waals surface area contributed by atoms with Gasteiger partial charge in [-0.15, -0.1) is 0 Å². The van der Waals surface area contributed by atoms with Crippen LogP contribution in [-0.4, -0.2) is 22.7 Å². The topological polar surface area (TPSA) is 55.8 Å². The largest absolute Gasteiger partial charge is 0.490 e. The van der Waals surface area contributed by atoms with Crippen LogP contribution in [0.1, 0.15) is 23.6 Å². The normalized spacial score (nSPS) is 14.7. The van der Waals surface area contributed by atoms with Gasteiger partial charge in [0.25, 0.3) is 11.1 Å². The van der Waals surface area contributed by atoms with Gasteiger partial charge in [-0.05, 0) is 66.2 Å². The van der Waals surface area contributed by atoms with Gasteiger partial charge in [0.15, 0.2) is 11.5 Å². The predicted molar refractivity (Wildman–Crippen MR) is 136 cm³/mol. The minimum atomic E-state index is -0.332. The number of benzene rings is 3. The van der Waals surface area contributed by atoms with Gasteiger partial charge in [-0.2, -0.15) is 0 Å². The van der Waals surface area contributed by atoms with Gasteiger partial charge in [-0.3, -0.25) is 14.5 Å². The third-order valence-corrected chi connectivity index (χ3v) is 6.56. The molecule has 0 aliphatic carbocycles. The van der Waals surface area contributed by atoms with Crippen LogP contribution in [-0.2, 0) is 17.9 Å². The second-order valence-electron chi connectivity index (χ2n) is 7.41. The van der Waals surface area contributed by atoms with Gasteiger partial charge in [0.2, 0.25) is 0 Å². The first-order chi connectivity index (χ1) is 16.4. The summed E-state index contributed by atoms with van der Waals surface area (Å²) in [6.07, 6.45) is 1.69. The van der Waals surface area contributed by atoms with E-state index < -0.39 is 0 Å². The van der Waals surface area contributed by atoms with Gasteiger partial charge in [-0.1, -0.05) is 59.6 Å². The third kappa shape index (κ3) is 5.76. The molecule has 1 saturated heterocycles. The number of ether oxygens (including phenoxy) is 2. The van der Waals surface area contributed by atoms with E-state index in [1.807, 2.05) is 37.3 Å². The lowest BCUT2D eigenvalue weighted by atomic mass is 10.1. The van der Waals surface area contributed by atoms with Gasteiger partial charge < -0.3 is 9.47 Å². The van der Waals surface area contributed by atoms with Crippen molar-refractivity contribution < 1.29 is 19.1 Å². The Hall–Kier alpha value is -2.93. The molecule has 34 heavy (non-hydrogen) atoms. The second kappa shape index (κ2) is 11.0. The van der Waals surface area contributed by atoms with Gasteiger partial charge in [0.1, 0.15) is 6.61 Å². The molecule has 2 amide bonds. The molecule has 5 nitrogen and oxygen atoms in total. The van der Waals surface area contributed by atoms with E-state index in [4.69, 9.17) is 32.7 Å². The maximum Gasteiger partial charge on any atom is 0.293 e. The molecule has 0 spiro atoms. The van der Waals surface area contributed by atoms with Crippen molar-refractivity contribution in [3.05, 3.63) is 98.4 Å². The number of imide groups is 1. The first-order valence-electron chi connectivity index (χ1n) is 10.6. The SMILES string of the molecule is CCOc1cc(C=C2SC(=O)N(Cc3ccc(Cl)cc3)C2=O)ccc1OCc1ccccc1Cl. The zero-order valence-corrected chi connectivity index (χ0v) is 20.6. The van der Waals surface area contributed by atoms with E-state index in [2.05, 4.69) is 0 Å². The van der Waals surface area contributed by atoms with E-state index in [0.717, 1.165) is 28.5 Å². The quantitative estimate of drug-likeness (QED) is 0.298. The van der Waals surface area contributed by atoms with Crippen molar-refractivity contribution in [3.8, 4) is 11.5 Å². The summed E-state index contributed by atoms with van der Waals surface area (Å²) in [4.78, 5) is 26.9. The van der Waals surface area contributed by atoms with E-state index in [-0.39, 0.29) is 17.7 Å². The summed E-state index contributed by atoms with van der Waals surface area (Å²) < 4.78 is 11.7. The molecule has 1 heterocycles. The third-order valence-electron chi connectivity index (χ3n) is 5.03. The number of halogens is 2. The predicted octanol–water partition coefficient (Wildman–Crippen LogP) is 7.21. The zero-order valence-electron chi connectivity index (χ0n) is 18.3. The van der Waals surface area contributed by atoms with Crippen LogP contribution in [0.5, 0.6) is 11.5 Å². The molecule has 1 aliphatic heterocycles. The number of nitrogens with zero attached hydrogens (tertiary/aromatic N) is 1. The minimum Gasteiger partial charge on any atom is -0.490 e. The lowest BCUT2D eigenvalue weighted by Gasteiger charge is -2.13. The van der Waals surface area contributed by atoms with Crippen molar-refractivity contribution in [1.29, 1.82) is 0 Å². The zero-order chi connectivity index (χ0) is 24.1. The highest BCUT2D eigenvalue weighted by atomic mass is 35.5. The molecule has 0 bridgehead atoms. The summed E-state index contributed by atoms with van der Waals surface area (Å²) in [5.41, 5.74) is 2.42. The van der Waals surface area contributed by atoms with Gasteiger partial charge >= 0.3 is 0 Å². The smallest absolute Gasteiger partial charge is 0.293 e. The van der Waals surface area contributed by atoms with E-state index in [9.17, 15) is 9.59 Å². The first kappa shape index (κ1) is 24.2. The second-order valence-corrected chi connectivity index (χ2v) is 9.25. The molecule has 0 unspecified atom stereocenters. The molecule has 3 aromatic carbocycles. The summed E-state index contributed by atoms with van der Waals surface area (Å²) in [7, 11) is 0. The Morgan fingerprint density at radius 2 is 1.71 bits per heavy atom. The summed E-state index contributed by atoms with van der Waals surface area (Å²) in [6.45, 7) is 2.82. The first-order valence-corrected chi connectivity index (χ1v) is 12.1. The molecular weight excluding hydrogens is 493 g/mol. The number of carbonyl (C=O) groups excluding carboxylic acids is 2. The highest BCUT2D eigenvalue weighted by Gasteiger charge is 2.35. The van der Waals surface area contributed by atoms with Crippen molar-refractivity contribution >= 4 is 52.2 Å². The maximum absolute atomic E-state index is 12.9. The Morgan fingerprint density at radius 3 is 2.44 bits per heavy atom. The van der Waals surface area contributed by atoms with Crippen LogP contribution >= 0.6 is 35.0 Å². The lowest BCUT2D eigenvalue weighted by Crippen LogP contribution is -2.27. The number of thioether (sulfide) groups is 1.